The van der Waals surface area contributed by atoms with Crippen molar-refractivity contribution in [3.8, 4) is 0 Å². The highest BCUT2D eigenvalue weighted by Crippen LogP contribution is 2.38. The van der Waals surface area contributed by atoms with Crippen LogP contribution in [0.15, 0.2) is 23.1 Å². The molecular formula is C19H24FN5O4S. The lowest BCUT2D eigenvalue weighted by Gasteiger charge is -2.14. The van der Waals surface area contributed by atoms with Crippen LogP contribution in [0, 0.1) is 5.82 Å². The predicted molar refractivity (Wildman–Crippen MR) is 107 cm³/mol. The average molecular weight is 437 g/mol. The van der Waals surface area contributed by atoms with Gasteiger partial charge in [0.05, 0.1) is 10.6 Å². The molecule has 162 valence electrons. The van der Waals surface area contributed by atoms with Crippen molar-refractivity contribution in [2.45, 2.75) is 62.6 Å². The third-order valence-electron chi connectivity index (χ3n) is 5.27. The minimum absolute atomic E-state index is 0.0107. The SMILES string of the molecule is CC(C)NC(=O)O[C@@H]1CC[C@H](c2[nH]nc(Nc3ccc4c(c3)CNS4(=O)=O)c2F)C1. The van der Waals surface area contributed by atoms with Crippen LogP contribution in [0.2, 0.25) is 0 Å². The summed E-state index contributed by atoms with van der Waals surface area (Å²) in [5.74, 6) is -0.571. The van der Waals surface area contributed by atoms with Gasteiger partial charge < -0.3 is 15.4 Å². The van der Waals surface area contributed by atoms with E-state index in [9.17, 15) is 17.6 Å². The topological polar surface area (TPSA) is 125 Å². The van der Waals surface area contributed by atoms with Crippen LogP contribution in [0.25, 0.3) is 0 Å². The minimum Gasteiger partial charge on any atom is -0.446 e. The number of nitrogens with one attached hydrogen (secondary N) is 4. The van der Waals surface area contributed by atoms with Gasteiger partial charge in [0.2, 0.25) is 10.0 Å². The number of nitrogens with zero attached hydrogens (tertiary/aromatic N) is 1. The number of carbonyl (C=O) groups is 1. The number of hydrogen-bond acceptors (Lipinski definition) is 6. The molecule has 0 unspecified atom stereocenters. The smallest absolute Gasteiger partial charge is 0.407 e. The van der Waals surface area contributed by atoms with E-state index in [-0.39, 0.29) is 35.3 Å². The molecule has 0 spiro atoms. The van der Waals surface area contributed by atoms with E-state index in [0.717, 1.165) is 0 Å². The van der Waals surface area contributed by atoms with Gasteiger partial charge >= 0.3 is 6.09 Å². The third kappa shape index (κ3) is 4.12. The Morgan fingerprint density at radius 2 is 2.13 bits per heavy atom. The Morgan fingerprint density at radius 1 is 1.33 bits per heavy atom. The fourth-order valence-electron chi connectivity index (χ4n) is 3.87. The van der Waals surface area contributed by atoms with Gasteiger partial charge in [-0.25, -0.2) is 22.3 Å². The molecule has 11 heteroatoms. The number of fused-ring (bicyclic) bond motifs is 1. The molecule has 0 bridgehead atoms. The molecule has 2 aromatic rings. The highest BCUT2D eigenvalue weighted by Gasteiger charge is 2.33. The molecule has 9 nitrogen and oxygen atoms in total. The maximum atomic E-state index is 14.9. The molecule has 2 heterocycles. The van der Waals surface area contributed by atoms with Crippen molar-refractivity contribution in [1.29, 1.82) is 0 Å². The Labute approximate surface area is 173 Å². The summed E-state index contributed by atoms with van der Waals surface area (Å²) in [6.07, 6.45) is 1.13. The van der Waals surface area contributed by atoms with E-state index in [1.807, 2.05) is 13.8 Å². The highest BCUT2D eigenvalue weighted by molar-refractivity contribution is 7.89. The first-order valence-electron chi connectivity index (χ1n) is 9.83. The fraction of sp³-hybridized carbons (Fsp3) is 0.474. The second-order valence-electron chi connectivity index (χ2n) is 7.91. The number of amides is 1. The molecule has 4 rings (SSSR count). The van der Waals surface area contributed by atoms with Gasteiger partial charge in [-0.1, -0.05) is 0 Å². The summed E-state index contributed by atoms with van der Waals surface area (Å²) in [5, 5.41) is 12.4. The summed E-state index contributed by atoms with van der Waals surface area (Å²) in [6.45, 7) is 3.91. The van der Waals surface area contributed by atoms with Crippen LogP contribution < -0.4 is 15.4 Å². The van der Waals surface area contributed by atoms with E-state index in [0.29, 0.717) is 36.2 Å². The summed E-state index contributed by atoms with van der Waals surface area (Å²) in [7, 11) is -3.45. The maximum Gasteiger partial charge on any atom is 0.407 e. The van der Waals surface area contributed by atoms with Crippen LogP contribution in [-0.4, -0.2) is 36.9 Å². The molecule has 1 aromatic carbocycles. The summed E-state index contributed by atoms with van der Waals surface area (Å²) in [5.41, 5.74) is 1.53. The van der Waals surface area contributed by atoms with Gasteiger partial charge in [0.15, 0.2) is 11.6 Å². The molecule has 2 aliphatic rings. The number of H-pyrrole nitrogens is 1. The number of hydrogen-bond donors (Lipinski definition) is 4. The lowest BCUT2D eigenvalue weighted by molar-refractivity contribution is 0.0981. The highest BCUT2D eigenvalue weighted by atomic mass is 32.2. The molecule has 1 amide bonds. The van der Waals surface area contributed by atoms with Crippen molar-refractivity contribution in [3.05, 3.63) is 35.3 Å². The number of carbonyl (C=O) groups excluding carboxylic acids is 1. The first-order chi connectivity index (χ1) is 14.2. The van der Waals surface area contributed by atoms with Crippen molar-refractivity contribution in [2.75, 3.05) is 5.32 Å². The van der Waals surface area contributed by atoms with E-state index < -0.39 is 21.9 Å². The Kier molecular flexibility index (Phi) is 5.41. The number of benzene rings is 1. The monoisotopic (exact) mass is 437 g/mol. The fourth-order valence-corrected chi connectivity index (χ4v) is 5.09. The third-order valence-corrected chi connectivity index (χ3v) is 6.77. The van der Waals surface area contributed by atoms with Crippen molar-refractivity contribution >= 4 is 27.6 Å². The Morgan fingerprint density at radius 3 is 2.90 bits per heavy atom. The van der Waals surface area contributed by atoms with Crippen molar-refractivity contribution in [1.82, 2.24) is 20.2 Å². The van der Waals surface area contributed by atoms with Gasteiger partial charge in [0.1, 0.15) is 6.10 Å². The number of rotatable bonds is 5. The van der Waals surface area contributed by atoms with E-state index in [1.165, 1.54) is 6.07 Å². The van der Waals surface area contributed by atoms with Gasteiger partial charge in [-0.05, 0) is 56.9 Å². The second-order valence-corrected chi connectivity index (χ2v) is 9.64. The number of ether oxygens (including phenoxy) is 1. The standard InChI is InChI=1S/C19H24FN5O4S/c1-10(2)22-19(26)29-14-5-3-11(8-14)17-16(20)18(25-24-17)23-13-4-6-15-12(7-13)9-21-30(15,27)28/h4,6-7,10-11,14,21H,3,5,8-9H2,1-2H3,(H,22,26)(H2,23,24,25)/t11-,14+/m0/s1. The van der Waals surface area contributed by atoms with Crippen molar-refractivity contribution in [3.63, 3.8) is 0 Å². The first kappa shape index (κ1) is 20.6. The molecule has 0 saturated heterocycles. The second kappa shape index (κ2) is 7.88. The molecule has 1 aliphatic heterocycles. The molecule has 30 heavy (non-hydrogen) atoms. The lowest BCUT2D eigenvalue weighted by atomic mass is 10.0. The van der Waals surface area contributed by atoms with Crippen LogP contribution in [0.1, 0.15) is 50.3 Å². The van der Waals surface area contributed by atoms with E-state index in [2.05, 4.69) is 25.6 Å². The zero-order valence-corrected chi connectivity index (χ0v) is 17.5. The van der Waals surface area contributed by atoms with Crippen LogP contribution in [0.3, 0.4) is 0 Å². The average Bonchev–Trinajstić information content (AvgIpc) is 3.34. The molecule has 0 radical (unpaired) electrons. The summed E-state index contributed by atoms with van der Waals surface area (Å²) in [4.78, 5) is 12.0. The van der Waals surface area contributed by atoms with Gasteiger partial charge in [-0.3, -0.25) is 5.10 Å². The minimum atomic E-state index is -3.45. The summed E-state index contributed by atoms with van der Waals surface area (Å²) in [6, 6.07) is 4.71. The normalized spacial score (nSPS) is 22.1. The van der Waals surface area contributed by atoms with Crippen LogP contribution >= 0.6 is 0 Å². The molecular weight excluding hydrogens is 413 g/mol. The number of halogens is 1. The van der Waals surface area contributed by atoms with E-state index in [1.54, 1.807) is 12.1 Å². The molecule has 1 saturated carbocycles. The van der Waals surface area contributed by atoms with Crippen LogP contribution in [0.4, 0.5) is 20.7 Å². The van der Waals surface area contributed by atoms with Gasteiger partial charge in [0, 0.05) is 24.2 Å². The van der Waals surface area contributed by atoms with Crippen LogP contribution in [0.5, 0.6) is 0 Å². The van der Waals surface area contributed by atoms with E-state index in [4.69, 9.17) is 4.74 Å². The number of aromatic amines is 1. The van der Waals surface area contributed by atoms with Crippen LogP contribution in [-0.2, 0) is 21.3 Å². The molecule has 4 N–H and O–H groups in total. The Hall–Kier alpha value is -2.66. The summed E-state index contributed by atoms with van der Waals surface area (Å²) >= 11 is 0. The number of anilines is 2. The molecule has 2 atom stereocenters. The Bertz CT molecular complexity index is 1070. The summed E-state index contributed by atoms with van der Waals surface area (Å²) < 4.78 is 46.4. The Balaban J connectivity index is 1.42. The van der Waals surface area contributed by atoms with E-state index >= 15 is 0 Å². The molecule has 1 aliphatic carbocycles. The van der Waals surface area contributed by atoms with Gasteiger partial charge in [-0.15, -0.1) is 0 Å². The zero-order chi connectivity index (χ0) is 21.5. The number of sulfonamides is 1. The quantitative estimate of drug-likeness (QED) is 0.570. The molecule has 1 fully saturated rings. The van der Waals surface area contributed by atoms with Gasteiger partial charge in [0.25, 0.3) is 0 Å². The lowest BCUT2D eigenvalue weighted by Crippen LogP contribution is -2.33. The largest absolute Gasteiger partial charge is 0.446 e. The van der Waals surface area contributed by atoms with Crippen molar-refractivity contribution < 1.29 is 22.3 Å². The zero-order valence-electron chi connectivity index (χ0n) is 16.7. The van der Waals surface area contributed by atoms with Crippen molar-refractivity contribution in [2.24, 2.45) is 0 Å². The number of alkyl carbamates (subject to hydrolysis) is 1. The first-order valence-corrected chi connectivity index (χ1v) is 11.3. The number of aromatic nitrogens is 2. The molecule has 1 aromatic heterocycles. The predicted octanol–water partition coefficient (Wildman–Crippen LogP) is 2.86. The maximum absolute atomic E-state index is 14.9. The van der Waals surface area contributed by atoms with Gasteiger partial charge in [-0.2, -0.15) is 5.10 Å².